The zero-order valence-electron chi connectivity index (χ0n) is 8.11. The van der Waals surface area contributed by atoms with E-state index in [0.29, 0.717) is 13.0 Å². The molecule has 1 aromatic heterocycles. The third kappa shape index (κ3) is 2.27. The zero-order chi connectivity index (χ0) is 9.86. The van der Waals surface area contributed by atoms with E-state index >= 15 is 0 Å². The summed E-state index contributed by atoms with van der Waals surface area (Å²) in [5.41, 5.74) is -0.653. The smallest absolute Gasteiger partial charge is 0.131 e. The minimum absolute atomic E-state index is 0.542. The lowest BCUT2D eigenvalue weighted by atomic mass is 9.90. The maximum absolute atomic E-state index is 10.2. The van der Waals surface area contributed by atoms with E-state index in [2.05, 4.69) is 15.3 Å². The maximum atomic E-state index is 10.2. The Morgan fingerprint density at radius 1 is 1.43 bits per heavy atom. The third-order valence-electron chi connectivity index (χ3n) is 2.56. The van der Waals surface area contributed by atoms with Crippen LogP contribution in [0.2, 0.25) is 0 Å². The van der Waals surface area contributed by atoms with Gasteiger partial charge in [-0.3, -0.25) is 0 Å². The molecular formula is C10H15N3O. The average Bonchev–Trinajstić information content (AvgIpc) is 2.19. The van der Waals surface area contributed by atoms with E-state index in [1.165, 1.54) is 0 Å². The lowest BCUT2D eigenvalue weighted by Crippen LogP contribution is -2.47. The van der Waals surface area contributed by atoms with E-state index in [1.807, 2.05) is 0 Å². The Balaban J connectivity index is 2.02. The molecule has 76 valence electrons. The monoisotopic (exact) mass is 193 g/mol. The summed E-state index contributed by atoms with van der Waals surface area (Å²) < 4.78 is 0. The molecule has 2 rings (SSSR count). The first-order chi connectivity index (χ1) is 6.79. The van der Waals surface area contributed by atoms with Gasteiger partial charge in [0.2, 0.25) is 0 Å². The van der Waals surface area contributed by atoms with Crippen molar-refractivity contribution in [1.82, 2.24) is 15.3 Å². The summed E-state index contributed by atoms with van der Waals surface area (Å²) in [4.78, 5) is 8.24. The molecule has 1 atom stereocenters. The molecule has 1 fully saturated rings. The highest BCUT2D eigenvalue weighted by Crippen LogP contribution is 2.19. The van der Waals surface area contributed by atoms with Crippen LogP contribution in [-0.4, -0.2) is 33.8 Å². The number of hydrogen-bond donors (Lipinski definition) is 2. The van der Waals surface area contributed by atoms with Gasteiger partial charge in [-0.1, -0.05) is 0 Å². The molecule has 4 nitrogen and oxygen atoms in total. The van der Waals surface area contributed by atoms with Crippen LogP contribution >= 0.6 is 0 Å². The van der Waals surface area contributed by atoms with Gasteiger partial charge in [0, 0.05) is 25.4 Å². The predicted octanol–water partition coefficient (Wildman–Crippen LogP) is 0.134. The number of nitrogens with zero attached hydrogens (tertiary/aromatic N) is 2. The van der Waals surface area contributed by atoms with Gasteiger partial charge in [-0.2, -0.15) is 0 Å². The molecule has 2 heterocycles. The van der Waals surface area contributed by atoms with Crippen LogP contribution in [0.15, 0.2) is 18.5 Å². The van der Waals surface area contributed by atoms with Crippen molar-refractivity contribution in [1.29, 1.82) is 0 Å². The van der Waals surface area contributed by atoms with Gasteiger partial charge in [-0.25, -0.2) is 9.97 Å². The summed E-state index contributed by atoms with van der Waals surface area (Å²) in [5.74, 6) is 0.721. The Morgan fingerprint density at radius 2 is 2.21 bits per heavy atom. The van der Waals surface area contributed by atoms with Crippen LogP contribution in [0.1, 0.15) is 18.7 Å². The number of β-amino-alcohol motifs (C(OH)–C–C–N with tert-alkyl or cyclic N) is 1. The van der Waals surface area contributed by atoms with Crippen molar-refractivity contribution in [2.24, 2.45) is 0 Å². The SMILES string of the molecule is OC1(Cc2ncccn2)CCCNC1. The molecule has 0 radical (unpaired) electrons. The van der Waals surface area contributed by atoms with E-state index in [4.69, 9.17) is 0 Å². The molecule has 1 saturated heterocycles. The van der Waals surface area contributed by atoms with Gasteiger partial charge in [0.1, 0.15) is 5.82 Å². The van der Waals surface area contributed by atoms with Gasteiger partial charge in [0.15, 0.2) is 0 Å². The average molecular weight is 193 g/mol. The van der Waals surface area contributed by atoms with E-state index in [0.717, 1.165) is 25.2 Å². The molecule has 0 amide bonds. The summed E-state index contributed by atoms with van der Waals surface area (Å²) >= 11 is 0. The van der Waals surface area contributed by atoms with Crippen molar-refractivity contribution in [3.05, 3.63) is 24.3 Å². The van der Waals surface area contributed by atoms with E-state index in [-0.39, 0.29) is 0 Å². The lowest BCUT2D eigenvalue weighted by molar-refractivity contribution is 0.0152. The largest absolute Gasteiger partial charge is 0.388 e. The van der Waals surface area contributed by atoms with Crippen LogP contribution in [0.4, 0.5) is 0 Å². The standard InChI is InChI=1S/C10H15N3O/c14-10(3-1-4-11-8-10)7-9-12-5-2-6-13-9/h2,5-6,11,14H,1,3-4,7-8H2. The van der Waals surface area contributed by atoms with E-state index in [1.54, 1.807) is 18.5 Å². The molecule has 0 bridgehead atoms. The third-order valence-corrected chi connectivity index (χ3v) is 2.56. The van der Waals surface area contributed by atoms with Gasteiger partial charge in [-0.05, 0) is 25.5 Å². The Bertz CT molecular complexity index is 283. The molecule has 14 heavy (non-hydrogen) atoms. The van der Waals surface area contributed by atoms with Gasteiger partial charge < -0.3 is 10.4 Å². The molecule has 4 heteroatoms. The molecule has 0 saturated carbocycles. The molecule has 1 unspecified atom stereocenters. The quantitative estimate of drug-likeness (QED) is 0.701. The fourth-order valence-electron chi connectivity index (χ4n) is 1.82. The van der Waals surface area contributed by atoms with Crippen LogP contribution in [0, 0.1) is 0 Å². The van der Waals surface area contributed by atoms with Crippen molar-refractivity contribution in [3.8, 4) is 0 Å². The first kappa shape index (κ1) is 9.55. The summed E-state index contributed by atoms with van der Waals surface area (Å²) in [6.45, 7) is 1.64. The Labute approximate surface area is 83.4 Å². The molecule has 1 aromatic rings. The number of hydrogen-bond acceptors (Lipinski definition) is 4. The second kappa shape index (κ2) is 4.02. The second-order valence-electron chi connectivity index (χ2n) is 3.85. The number of nitrogens with one attached hydrogen (secondary N) is 1. The molecular weight excluding hydrogens is 178 g/mol. The van der Waals surface area contributed by atoms with E-state index < -0.39 is 5.60 Å². The van der Waals surface area contributed by atoms with Gasteiger partial charge in [0.25, 0.3) is 0 Å². The highest BCUT2D eigenvalue weighted by atomic mass is 16.3. The van der Waals surface area contributed by atoms with Crippen LogP contribution in [0.5, 0.6) is 0 Å². The Hall–Kier alpha value is -1.00. The summed E-state index contributed by atoms with van der Waals surface area (Å²) in [6, 6.07) is 1.78. The molecule has 2 N–H and O–H groups in total. The van der Waals surface area contributed by atoms with Crippen molar-refractivity contribution >= 4 is 0 Å². The topological polar surface area (TPSA) is 58.0 Å². The minimum Gasteiger partial charge on any atom is -0.388 e. The Kier molecular flexibility index (Phi) is 2.74. The fraction of sp³-hybridized carbons (Fsp3) is 0.600. The summed E-state index contributed by atoms with van der Waals surface area (Å²) in [7, 11) is 0. The van der Waals surface area contributed by atoms with Crippen molar-refractivity contribution in [3.63, 3.8) is 0 Å². The van der Waals surface area contributed by atoms with Crippen LogP contribution in [-0.2, 0) is 6.42 Å². The van der Waals surface area contributed by atoms with Gasteiger partial charge >= 0.3 is 0 Å². The predicted molar refractivity (Wildman–Crippen MR) is 52.8 cm³/mol. The van der Waals surface area contributed by atoms with Gasteiger partial charge in [-0.15, -0.1) is 0 Å². The maximum Gasteiger partial charge on any atom is 0.131 e. The fourth-order valence-corrected chi connectivity index (χ4v) is 1.82. The van der Waals surface area contributed by atoms with Gasteiger partial charge in [0.05, 0.1) is 5.60 Å². The van der Waals surface area contributed by atoms with Crippen LogP contribution in [0.3, 0.4) is 0 Å². The van der Waals surface area contributed by atoms with Crippen LogP contribution in [0.25, 0.3) is 0 Å². The number of aromatic nitrogens is 2. The van der Waals surface area contributed by atoms with Crippen molar-refractivity contribution in [2.75, 3.05) is 13.1 Å². The lowest BCUT2D eigenvalue weighted by Gasteiger charge is -2.31. The summed E-state index contributed by atoms with van der Waals surface area (Å²) in [5, 5.41) is 13.4. The first-order valence-corrected chi connectivity index (χ1v) is 4.98. The number of piperidine rings is 1. The first-order valence-electron chi connectivity index (χ1n) is 4.98. The molecule has 1 aliphatic rings. The normalized spacial score (nSPS) is 27.5. The Morgan fingerprint density at radius 3 is 2.86 bits per heavy atom. The zero-order valence-corrected chi connectivity index (χ0v) is 8.11. The van der Waals surface area contributed by atoms with E-state index in [9.17, 15) is 5.11 Å². The highest BCUT2D eigenvalue weighted by Gasteiger charge is 2.30. The molecule has 0 spiro atoms. The van der Waals surface area contributed by atoms with Crippen molar-refractivity contribution in [2.45, 2.75) is 24.9 Å². The number of aliphatic hydroxyl groups is 1. The molecule has 0 aliphatic carbocycles. The highest BCUT2D eigenvalue weighted by molar-refractivity contribution is 4.98. The number of rotatable bonds is 2. The van der Waals surface area contributed by atoms with Crippen LogP contribution < -0.4 is 5.32 Å². The molecule has 0 aromatic carbocycles. The second-order valence-corrected chi connectivity index (χ2v) is 3.85. The minimum atomic E-state index is -0.653. The van der Waals surface area contributed by atoms with Crippen molar-refractivity contribution < 1.29 is 5.11 Å². The molecule has 1 aliphatic heterocycles. The summed E-state index contributed by atoms with van der Waals surface area (Å²) in [6.07, 6.45) is 5.81.